The Morgan fingerprint density at radius 1 is 0.312 bits per heavy atom. The average Bonchev–Trinajstić information content (AvgIpc) is 3.27. The topological polar surface area (TPSA) is 78.9 Å². The lowest BCUT2D eigenvalue weighted by Crippen LogP contribution is -2.30. The van der Waals surface area contributed by atoms with Crippen LogP contribution in [0.3, 0.4) is 0 Å². The quantitative estimate of drug-likeness (QED) is 0.0344. The smallest absolute Gasteiger partial charge is 0.306 e. The first-order chi connectivity index (χ1) is 31.1. The van der Waals surface area contributed by atoms with Crippen molar-refractivity contribution >= 4 is 17.9 Å². The zero-order chi connectivity index (χ0) is 47.0. The van der Waals surface area contributed by atoms with Crippen LogP contribution in [0.25, 0.3) is 0 Å². The Labute approximate surface area is 399 Å². The summed E-state index contributed by atoms with van der Waals surface area (Å²) < 4.78 is 16.8. The highest BCUT2D eigenvalue weighted by atomic mass is 16.6. The number of rotatable bonds is 51. The summed E-state index contributed by atoms with van der Waals surface area (Å²) in [5.74, 6) is 1.65. The maximum atomic E-state index is 12.8. The van der Waals surface area contributed by atoms with Crippen LogP contribution in [0.2, 0.25) is 0 Å². The van der Waals surface area contributed by atoms with E-state index in [1.165, 1.54) is 199 Å². The van der Waals surface area contributed by atoms with E-state index in [-0.39, 0.29) is 31.1 Å². The van der Waals surface area contributed by atoms with Crippen molar-refractivity contribution in [3.05, 3.63) is 0 Å². The lowest BCUT2D eigenvalue weighted by atomic mass is 9.99. The molecule has 6 nitrogen and oxygen atoms in total. The molecule has 0 saturated carbocycles. The first kappa shape index (κ1) is 62.4. The number of hydrogen-bond acceptors (Lipinski definition) is 6. The minimum Gasteiger partial charge on any atom is -0.462 e. The molecule has 0 aliphatic rings. The summed E-state index contributed by atoms with van der Waals surface area (Å²) in [6, 6.07) is 0. The van der Waals surface area contributed by atoms with Crippen LogP contribution in [0, 0.1) is 17.8 Å². The van der Waals surface area contributed by atoms with Crippen LogP contribution in [0.15, 0.2) is 0 Å². The van der Waals surface area contributed by atoms with Gasteiger partial charge in [0.1, 0.15) is 13.2 Å². The summed E-state index contributed by atoms with van der Waals surface area (Å²) in [6.07, 6.45) is 51.1. The number of carbonyl (C=O) groups is 3. The molecule has 0 rings (SSSR count). The Kier molecular flexibility index (Phi) is 48.1. The van der Waals surface area contributed by atoms with E-state index in [2.05, 4.69) is 41.5 Å². The average molecular weight is 906 g/mol. The Hall–Kier alpha value is -1.59. The maximum Gasteiger partial charge on any atom is 0.306 e. The van der Waals surface area contributed by atoms with Gasteiger partial charge in [-0.05, 0) is 37.0 Å². The summed E-state index contributed by atoms with van der Waals surface area (Å²) in [5.41, 5.74) is 0. The molecular weight excluding hydrogens is 793 g/mol. The third kappa shape index (κ3) is 49.8. The number of unbranched alkanes of at least 4 members (excludes halogenated alkanes) is 33. The number of ether oxygens (including phenoxy) is 3. The summed E-state index contributed by atoms with van der Waals surface area (Å²) >= 11 is 0. The predicted molar refractivity (Wildman–Crippen MR) is 275 cm³/mol. The van der Waals surface area contributed by atoms with Crippen molar-refractivity contribution in [3.63, 3.8) is 0 Å². The molecule has 0 radical (unpaired) electrons. The summed E-state index contributed by atoms with van der Waals surface area (Å²) in [6.45, 7) is 13.7. The SMILES string of the molecule is CCC(C)CCCCCCCCCCCCCCCCCCCCC(=O)OC[C@H](COC(=O)CCCCCCCCC(C)C)OC(=O)CCCCCCCCCCCCCCC(C)C. The third-order valence-electron chi connectivity index (χ3n) is 13.5. The monoisotopic (exact) mass is 905 g/mol. The molecule has 0 N–H and O–H groups in total. The van der Waals surface area contributed by atoms with E-state index in [0.29, 0.717) is 19.3 Å². The molecule has 0 bridgehead atoms. The van der Waals surface area contributed by atoms with Crippen LogP contribution in [-0.2, 0) is 28.6 Å². The van der Waals surface area contributed by atoms with Gasteiger partial charge in [-0.25, -0.2) is 0 Å². The fourth-order valence-electron chi connectivity index (χ4n) is 8.79. The molecule has 64 heavy (non-hydrogen) atoms. The van der Waals surface area contributed by atoms with Crippen molar-refractivity contribution in [3.8, 4) is 0 Å². The Balaban J connectivity index is 4.18. The fraction of sp³-hybridized carbons (Fsp3) is 0.948. The molecule has 0 aromatic heterocycles. The number of esters is 3. The third-order valence-corrected chi connectivity index (χ3v) is 13.5. The molecule has 2 atom stereocenters. The maximum absolute atomic E-state index is 12.8. The molecule has 1 unspecified atom stereocenters. The predicted octanol–water partition coefficient (Wildman–Crippen LogP) is 18.7. The van der Waals surface area contributed by atoms with Gasteiger partial charge in [-0.1, -0.05) is 279 Å². The first-order valence-corrected chi connectivity index (χ1v) is 28.6. The first-order valence-electron chi connectivity index (χ1n) is 28.6. The van der Waals surface area contributed by atoms with E-state index in [9.17, 15) is 14.4 Å². The zero-order valence-electron chi connectivity index (χ0n) is 44.1. The molecule has 0 aromatic rings. The van der Waals surface area contributed by atoms with Gasteiger partial charge in [-0.15, -0.1) is 0 Å². The Morgan fingerprint density at radius 2 is 0.547 bits per heavy atom. The van der Waals surface area contributed by atoms with Crippen LogP contribution in [-0.4, -0.2) is 37.2 Å². The van der Waals surface area contributed by atoms with Gasteiger partial charge in [0.15, 0.2) is 6.10 Å². The van der Waals surface area contributed by atoms with Gasteiger partial charge in [0.05, 0.1) is 0 Å². The Morgan fingerprint density at radius 3 is 0.812 bits per heavy atom. The minimum atomic E-state index is -0.763. The van der Waals surface area contributed by atoms with Crippen LogP contribution in [0.5, 0.6) is 0 Å². The van der Waals surface area contributed by atoms with Crippen molar-refractivity contribution in [2.75, 3.05) is 13.2 Å². The number of hydrogen-bond donors (Lipinski definition) is 0. The normalized spacial score (nSPS) is 12.6. The summed E-state index contributed by atoms with van der Waals surface area (Å²) in [5, 5.41) is 0. The highest BCUT2D eigenvalue weighted by molar-refractivity contribution is 5.71. The van der Waals surface area contributed by atoms with Crippen molar-refractivity contribution < 1.29 is 28.6 Å². The van der Waals surface area contributed by atoms with Gasteiger partial charge in [0.2, 0.25) is 0 Å². The summed E-state index contributed by atoms with van der Waals surface area (Å²) in [7, 11) is 0. The standard InChI is InChI=1S/C58H112O6/c1-7-54(6)46-40-34-27-23-19-14-12-10-8-9-11-13-15-20-24-28-35-41-47-56(59)62-50-55(51-63-57(60)48-42-36-31-30-33-39-45-53(4)5)64-58(61)49-43-37-29-25-21-17-16-18-22-26-32-38-44-52(2)3/h52-55H,7-51H2,1-6H3/t54?,55-/m1/s1. The van der Waals surface area contributed by atoms with Gasteiger partial charge >= 0.3 is 17.9 Å². The lowest BCUT2D eigenvalue weighted by molar-refractivity contribution is -0.167. The Bertz CT molecular complexity index is 993. The highest BCUT2D eigenvalue weighted by Gasteiger charge is 2.19. The van der Waals surface area contributed by atoms with E-state index in [1.807, 2.05) is 0 Å². The van der Waals surface area contributed by atoms with Gasteiger partial charge in [-0.3, -0.25) is 14.4 Å². The van der Waals surface area contributed by atoms with E-state index < -0.39 is 6.10 Å². The van der Waals surface area contributed by atoms with Crippen LogP contribution >= 0.6 is 0 Å². The fourth-order valence-corrected chi connectivity index (χ4v) is 8.79. The van der Waals surface area contributed by atoms with E-state index >= 15 is 0 Å². The second-order valence-electron chi connectivity index (χ2n) is 21.1. The van der Waals surface area contributed by atoms with Gasteiger partial charge in [0.25, 0.3) is 0 Å². The molecule has 0 aromatic carbocycles. The molecular formula is C58H112O6. The lowest BCUT2D eigenvalue weighted by Gasteiger charge is -2.18. The second kappa shape index (κ2) is 49.3. The van der Waals surface area contributed by atoms with E-state index in [1.54, 1.807) is 0 Å². The molecule has 0 saturated heterocycles. The highest BCUT2D eigenvalue weighted by Crippen LogP contribution is 2.19. The van der Waals surface area contributed by atoms with Gasteiger partial charge < -0.3 is 14.2 Å². The van der Waals surface area contributed by atoms with Crippen LogP contribution in [0.1, 0.15) is 318 Å². The second-order valence-corrected chi connectivity index (χ2v) is 21.1. The molecule has 6 heteroatoms. The molecule has 0 aliphatic carbocycles. The molecule has 0 fully saturated rings. The van der Waals surface area contributed by atoms with E-state index in [0.717, 1.165) is 75.5 Å². The van der Waals surface area contributed by atoms with E-state index in [4.69, 9.17) is 14.2 Å². The number of carbonyl (C=O) groups excluding carboxylic acids is 3. The van der Waals surface area contributed by atoms with Crippen LogP contribution < -0.4 is 0 Å². The van der Waals surface area contributed by atoms with Crippen molar-refractivity contribution in [2.45, 2.75) is 324 Å². The largest absolute Gasteiger partial charge is 0.462 e. The van der Waals surface area contributed by atoms with Gasteiger partial charge in [0, 0.05) is 19.3 Å². The van der Waals surface area contributed by atoms with Crippen molar-refractivity contribution in [1.82, 2.24) is 0 Å². The zero-order valence-corrected chi connectivity index (χ0v) is 44.1. The van der Waals surface area contributed by atoms with Crippen molar-refractivity contribution in [2.24, 2.45) is 17.8 Å². The van der Waals surface area contributed by atoms with Crippen LogP contribution in [0.4, 0.5) is 0 Å². The van der Waals surface area contributed by atoms with Gasteiger partial charge in [-0.2, -0.15) is 0 Å². The molecule has 0 aliphatic heterocycles. The minimum absolute atomic E-state index is 0.0646. The molecule has 0 heterocycles. The molecule has 0 amide bonds. The summed E-state index contributed by atoms with van der Waals surface area (Å²) in [4.78, 5) is 38.0. The van der Waals surface area contributed by atoms with Crippen molar-refractivity contribution in [1.29, 1.82) is 0 Å². The molecule has 380 valence electrons. The molecule has 0 spiro atoms.